The van der Waals surface area contributed by atoms with Crippen molar-refractivity contribution in [2.45, 2.75) is 19.3 Å². The largest absolute Gasteiger partial charge is 0.376 e. The number of nitrogens with one attached hydrogen (secondary N) is 1. The Labute approximate surface area is 175 Å². The molecule has 3 rings (SSSR count). The number of carbonyl (C=O) groups excluding carboxylic acids is 1. The van der Waals surface area contributed by atoms with Crippen LogP contribution in [-0.4, -0.2) is 23.9 Å². The van der Waals surface area contributed by atoms with Gasteiger partial charge in [-0.25, -0.2) is 0 Å². The Balaban J connectivity index is 1.56. The van der Waals surface area contributed by atoms with Gasteiger partial charge >= 0.3 is 0 Å². The number of hydrogen-bond donors (Lipinski definition) is 1. The molecule has 0 atom stereocenters. The Hall–Kier alpha value is -2.48. The van der Waals surface area contributed by atoms with E-state index in [2.05, 4.69) is 34.5 Å². The van der Waals surface area contributed by atoms with E-state index in [9.17, 15) is 10.1 Å². The Kier molecular flexibility index (Phi) is 6.97. The standard InChI is InChI=1S/C22H21Cl2N3O/c23-20-7-6-19(13-21(20)24)26-22(28)18(14-25)15-27-10-8-17(9-11-27)12-16-4-2-1-3-5-16/h1-7,13,15,17H,8-12H2,(H,26,28)/b18-15-. The van der Waals surface area contributed by atoms with Gasteiger partial charge in [0.2, 0.25) is 0 Å². The van der Waals surface area contributed by atoms with Gasteiger partial charge in [0.15, 0.2) is 0 Å². The quantitative estimate of drug-likeness (QED) is 0.534. The first-order chi connectivity index (χ1) is 13.5. The number of anilines is 1. The van der Waals surface area contributed by atoms with E-state index in [4.69, 9.17) is 23.2 Å². The van der Waals surface area contributed by atoms with Crippen LogP contribution < -0.4 is 5.32 Å². The molecule has 144 valence electrons. The van der Waals surface area contributed by atoms with Gasteiger partial charge in [0, 0.05) is 25.0 Å². The number of likely N-dealkylation sites (tertiary alicyclic amines) is 1. The van der Waals surface area contributed by atoms with E-state index in [0.717, 1.165) is 32.4 Å². The molecule has 1 saturated heterocycles. The van der Waals surface area contributed by atoms with E-state index in [1.807, 2.05) is 12.1 Å². The average molecular weight is 414 g/mol. The highest BCUT2D eigenvalue weighted by Gasteiger charge is 2.19. The highest BCUT2D eigenvalue weighted by Crippen LogP contribution is 2.25. The lowest BCUT2D eigenvalue weighted by atomic mass is 9.90. The summed E-state index contributed by atoms with van der Waals surface area (Å²) in [6.45, 7) is 1.67. The van der Waals surface area contributed by atoms with Gasteiger partial charge < -0.3 is 10.2 Å². The van der Waals surface area contributed by atoms with Crippen LogP contribution in [0.4, 0.5) is 5.69 Å². The highest BCUT2D eigenvalue weighted by atomic mass is 35.5. The first kappa shape index (κ1) is 20.3. The predicted octanol–water partition coefficient (Wildman–Crippen LogP) is 5.29. The monoisotopic (exact) mass is 413 g/mol. The summed E-state index contributed by atoms with van der Waals surface area (Å²) in [5.41, 5.74) is 1.94. The fourth-order valence-electron chi connectivity index (χ4n) is 3.33. The van der Waals surface area contributed by atoms with Crippen LogP contribution in [0.5, 0.6) is 0 Å². The van der Waals surface area contributed by atoms with Crippen LogP contribution >= 0.6 is 23.2 Å². The maximum Gasteiger partial charge on any atom is 0.267 e. The van der Waals surface area contributed by atoms with Crippen molar-refractivity contribution in [2.75, 3.05) is 18.4 Å². The number of hydrogen-bond acceptors (Lipinski definition) is 3. The molecule has 0 bridgehead atoms. The van der Waals surface area contributed by atoms with Crippen LogP contribution in [0, 0.1) is 17.2 Å². The molecule has 0 aliphatic carbocycles. The summed E-state index contributed by atoms with van der Waals surface area (Å²) in [5.74, 6) is 0.176. The van der Waals surface area contributed by atoms with Crippen molar-refractivity contribution in [3.8, 4) is 6.07 Å². The van der Waals surface area contributed by atoms with E-state index in [1.54, 1.807) is 24.4 Å². The average Bonchev–Trinajstić information content (AvgIpc) is 2.71. The molecule has 2 aromatic rings. The fourth-order valence-corrected chi connectivity index (χ4v) is 3.62. The normalized spacial score (nSPS) is 15.2. The van der Waals surface area contributed by atoms with Crippen molar-refractivity contribution in [3.05, 3.63) is 75.9 Å². The molecular weight excluding hydrogens is 393 g/mol. The second-order valence-corrected chi connectivity index (χ2v) is 7.72. The summed E-state index contributed by atoms with van der Waals surface area (Å²) in [5, 5.41) is 12.9. The van der Waals surface area contributed by atoms with Gasteiger partial charge in [-0.15, -0.1) is 0 Å². The maximum absolute atomic E-state index is 12.4. The molecule has 0 unspecified atom stereocenters. The van der Waals surface area contributed by atoms with Crippen molar-refractivity contribution < 1.29 is 4.79 Å². The van der Waals surface area contributed by atoms with Crippen molar-refractivity contribution in [3.63, 3.8) is 0 Å². The minimum atomic E-state index is -0.452. The summed E-state index contributed by atoms with van der Waals surface area (Å²) in [6.07, 6.45) is 4.81. The zero-order valence-electron chi connectivity index (χ0n) is 15.4. The second kappa shape index (κ2) is 9.64. The lowest BCUT2D eigenvalue weighted by Crippen LogP contribution is -2.31. The van der Waals surface area contributed by atoms with Crippen LogP contribution in [0.15, 0.2) is 60.3 Å². The maximum atomic E-state index is 12.4. The zero-order chi connectivity index (χ0) is 19.9. The number of nitriles is 1. The summed E-state index contributed by atoms with van der Waals surface area (Å²) in [4.78, 5) is 14.5. The summed E-state index contributed by atoms with van der Waals surface area (Å²) in [7, 11) is 0. The fraction of sp³-hybridized carbons (Fsp3) is 0.273. The molecule has 4 nitrogen and oxygen atoms in total. The van der Waals surface area contributed by atoms with Crippen LogP contribution in [0.25, 0.3) is 0 Å². The lowest BCUT2D eigenvalue weighted by molar-refractivity contribution is -0.112. The molecule has 1 heterocycles. The minimum absolute atomic E-state index is 0.0765. The molecule has 1 N–H and O–H groups in total. The molecule has 0 saturated carbocycles. The third kappa shape index (κ3) is 5.51. The van der Waals surface area contributed by atoms with E-state index >= 15 is 0 Å². The number of piperidine rings is 1. The van der Waals surface area contributed by atoms with Gasteiger partial charge in [-0.05, 0) is 48.9 Å². The van der Waals surface area contributed by atoms with Crippen LogP contribution in [0.2, 0.25) is 10.0 Å². The molecule has 0 spiro atoms. The zero-order valence-corrected chi connectivity index (χ0v) is 16.9. The van der Waals surface area contributed by atoms with E-state index in [-0.39, 0.29) is 5.57 Å². The van der Waals surface area contributed by atoms with E-state index < -0.39 is 5.91 Å². The number of halogens is 2. The Bertz CT molecular complexity index is 898. The Morgan fingerprint density at radius 3 is 2.50 bits per heavy atom. The van der Waals surface area contributed by atoms with Gasteiger partial charge in [0.25, 0.3) is 5.91 Å². The number of rotatable bonds is 5. The van der Waals surface area contributed by atoms with Gasteiger partial charge in [-0.3, -0.25) is 4.79 Å². The molecule has 1 aliphatic rings. The molecular formula is C22H21Cl2N3O. The Morgan fingerprint density at radius 2 is 1.86 bits per heavy atom. The highest BCUT2D eigenvalue weighted by molar-refractivity contribution is 6.42. The number of amides is 1. The molecule has 1 fully saturated rings. The molecule has 0 radical (unpaired) electrons. The predicted molar refractivity (Wildman–Crippen MR) is 113 cm³/mol. The smallest absolute Gasteiger partial charge is 0.267 e. The SMILES string of the molecule is N#C/C(=C/N1CCC(Cc2ccccc2)CC1)C(=O)Nc1ccc(Cl)c(Cl)c1. The molecule has 1 amide bonds. The van der Waals surface area contributed by atoms with Crippen molar-refractivity contribution in [1.29, 1.82) is 5.26 Å². The molecule has 2 aromatic carbocycles. The first-order valence-electron chi connectivity index (χ1n) is 9.21. The Morgan fingerprint density at radius 1 is 1.14 bits per heavy atom. The first-order valence-corrected chi connectivity index (χ1v) is 9.97. The number of nitrogens with zero attached hydrogens (tertiary/aromatic N) is 2. The van der Waals surface area contributed by atoms with Crippen LogP contribution in [0.3, 0.4) is 0 Å². The van der Waals surface area contributed by atoms with Crippen molar-refractivity contribution in [1.82, 2.24) is 4.90 Å². The molecule has 6 heteroatoms. The molecule has 28 heavy (non-hydrogen) atoms. The summed E-state index contributed by atoms with van der Waals surface area (Å²) in [6, 6.07) is 17.3. The molecule has 0 aromatic heterocycles. The summed E-state index contributed by atoms with van der Waals surface area (Å²) >= 11 is 11.9. The lowest BCUT2D eigenvalue weighted by Gasteiger charge is -2.31. The number of benzene rings is 2. The van der Waals surface area contributed by atoms with Gasteiger partial charge in [-0.2, -0.15) is 5.26 Å². The van der Waals surface area contributed by atoms with Crippen molar-refractivity contribution >= 4 is 34.8 Å². The third-order valence-corrected chi connectivity index (χ3v) is 5.61. The van der Waals surface area contributed by atoms with Gasteiger partial charge in [0.1, 0.15) is 11.6 Å². The van der Waals surface area contributed by atoms with Gasteiger partial charge in [0.05, 0.1) is 10.0 Å². The van der Waals surface area contributed by atoms with E-state index in [0.29, 0.717) is 21.7 Å². The van der Waals surface area contributed by atoms with Crippen LogP contribution in [0.1, 0.15) is 18.4 Å². The summed E-state index contributed by atoms with van der Waals surface area (Å²) < 4.78 is 0. The van der Waals surface area contributed by atoms with Crippen molar-refractivity contribution in [2.24, 2.45) is 5.92 Å². The third-order valence-electron chi connectivity index (χ3n) is 4.87. The topological polar surface area (TPSA) is 56.1 Å². The number of carbonyl (C=O) groups is 1. The van der Waals surface area contributed by atoms with Crippen LogP contribution in [-0.2, 0) is 11.2 Å². The van der Waals surface area contributed by atoms with E-state index in [1.165, 1.54) is 5.56 Å². The van der Waals surface area contributed by atoms with Gasteiger partial charge in [-0.1, -0.05) is 53.5 Å². The molecule has 1 aliphatic heterocycles. The second-order valence-electron chi connectivity index (χ2n) is 6.91. The minimum Gasteiger partial charge on any atom is -0.376 e.